The molecule has 0 saturated heterocycles. The van der Waals surface area contributed by atoms with Gasteiger partial charge in [0.05, 0.1) is 13.1 Å². The molecule has 0 heterocycles. The fraction of sp³-hybridized carbons (Fsp3) is 0.529. The Morgan fingerprint density at radius 1 is 1.14 bits per heavy atom. The van der Waals surface area contributed by atoms with Crippen LogP contribution in [0.25, 0.3) is 0 Å². The van der Waals surface area contributed by atoms with E-state index in [1.165, 1.54) is 0 Å². The van der Waals surface area contributed by atoms with Crippen LogP contribution in [0.2, 0.25) is 0 Å². The van der Waals surface area contributed by atoms with E-state index >= 15 is 0 Å². The van der Waals surface area contributed by atoms with Gasteiger partial charge < -0.3 is 10.6 Å². The number of aryl methyl sites for hydroxylation is 1. The molecule has 1 aromatic rings. The first-order chi connectivity index (χ1) is 10.4. The number of carbonyl (C=O) groups excluding carboxylic acids is 2. The van der Waals surface area contributed by atoms with Gasteiger partial charge in [0.1, 0.15) is 0 Å². The van der Waals surface area contributed by atoms with Crippen LogP contribution in [0.3, 0.4) is 0 Å². The molecule has 0 aromatic heterocycles. The summed E-state index contributed by atoms with van der Waals surface area (Å²) in [5.74, 6) is -0.174. The van der Waals surface area contributed by atoms with E-state index in [2.05, 4.69) is 17.6 Å². The SMILES string of the molecule is CCC[C@@H](C)NC(=O)CN(C)CC(=O)Nc1ccc(C)cc1. The van der Waals surface area contributed by atoms with E-state index in [-0.39, 0.29) is 30.9 Å². The molecule has 0 fully saturated rings. The smallest absolute Gasteiger partial charge is 0.238 e. The van der Waals surface area contributed by atoms with E-state index in [0.717, 1.165) is 24.1 Å². The summed E-state index contributed by atoms with van der Waals surface area (Å²) in [6.45, 7) is 6.48. The molecule has 5 nitrogen and oxygen atoms in total. The maximum atomic E-state index is 11.9. The number of hydrogen-bond donors (Lipinski definition) is 2. The molecule has 0 aliphatic carbocycles. The van der Waals surface area contributed by atoms with Crippen LogP contribution in [0.15, 0.2) is 24.3 Å². The Labute approximate surface area is 133 Å². The second-order valence-electron chi connectivity index (χ2n) is 5.84. The number of nitrogens with zero attached hydrogens (tertiary/aromatic N) is 1. The third-order valence-corrected chi connectivity index (χ3v) is 3.29. The molecule has 2 N–H and O–H groups in total. The van der Waals surface area contributed by atoms with E-state index in [1.807, 2.05) is 38.1 Å². The summed E-state index contributed by atoms with van der Waals surface area (Å²) < 4.78 is 0. The third kappa shape index (κ3) is 7.22. The summed E-state index contributed by atoms with van der Waals surface area (Å²) in [4.78, 5) is 25.5. The lowest BCUT2D eigenvalue weighted by Gasteiger charge is -2.18. The normalized spacial score (nSPS) is 12.0. The van der Waals surface area contributed by atoms with Crippen LogP contribution in [0.5, 0.6) is 0 Å². The van der Waals surface area contributed by atoms with Gasteiger partial charge in [0, 0.05) is 11.7 Å². The Balaban J connectivity index is 2.34. The fourth-order valence-electron chi connectivity index (χ4n) is 2.21. The number of benzene rings is 1. The molecule has 1 rings (SSSR count). The molecule has 2 amide bonds. The monoisotopic (exact) mass is 305 g/mol. The zero-order valence-electron chi connectivity index (χ0n) is 14.0. The predicted octanol–water partition coefficient (Wildman–Crippen LogP) is 2.17. The van der Waals surface area contributed by atoms with Crippen molar-refractivity contribution < 1.29 is 9.59 Å². The average Bonchev–Trinajstić information content (AvgIpc) is 2.40. The van der Waals surface area contributed by atoms with Crippen LogP contribution in [0.1, 0.15) is 32.3 Å². The summed E-state index contributed by atoms with van der Waals surface area (Å²) in [6, 6.07) is 7.80. The van der Waals surface area contributed by atoms with Gasteiger partial charge in [-0.05, 0) is 39.4 Å². The van der Waals surface area contributed by atoms with E-state index in [1.54, 1.807) is 11.9 Å². The average molecular weight is 305 g/mol. The van der Waals surface area contributed by atoms with Gasteiger partial charge in [-0.15, -0.1) is 0 Å². The van der Waals surface area contributed by atoms with Crippen LogP contribution in [-0.2, 0) is 9.59 Å². The summed E-state index contributed by atoms with van der Waals surface area (Å²) in [5, 5.41) is 5.75. The molecule has 1 aromatic carbocycles. The Hall–Kier alpha value is -1.88. The van der Waals surface area contributed by atoms with Crippen molar-refractivity contribution in [1.82, 2.24) is 10.2 Å². The van der Waals surface area contributed by atoms with Crippen molar-refractivity contribution in [1.29, 1.82) is 0 Å². The van der Waals surface area contributed by atoms with Gasteiger partial charge in [0.25, 0.3) is 0 Å². The molecular weight excluding hydrogens is 278 g/mol. The van der Waals surface area contributed by atoms with Crippen molar-refractivity contribution in [3.63, 3.8) is 0 Å². The van der Waals surface area contributed by atoms with Crippen LogP contribution in [0, 0.1) is 6.92 Å². The standard InChI is InChI=1S/C17H27N3O2/c1-5-6-14(3)18-16(21)11-20(4)12-17(22)19-15-9-7-13(2)8-10-15/h7-10,14H,5-6,11-12H2,1-4H3,(H,18,21)(H,19,22)/t14-/m1/s1. The second-order valence-corrected chi connectivity index (χ2v) is 5.84. The lowest BCUT2D eigenvalue weighted by molar-refractivity contribution is -0.123. The fourth-order valence-corrected chi connectivity index (χ4v) is 2.21. The van der Waals surface area contributed by atoms with Crippen LogP contribution in [-0.4, -0.2) is 42.9 Å². The number of nitrogens with one attached hydrogen (secondary N) is 2. The maximum absolute atomic E-state index is 11.9. The third-order valence-electron chi connectivity index (χ3n) is 3.29. The molecule has 0 radical (unpaired) electrons. The van der Waals surface area contributed by atoms with Gasteiger partial charge in [-0.25, -0.2) is 0 Å². The highest BCUT2D eigenvalue weighted by Gasteiger charge is 2.12. The summed E-state index contributed by atoms with van der Waals surface area (Å²) >= 11 is 0. The lowest BCUT2D eigenvalue weighted by Crippen LogP contribution is -2.41. The number of rotatable bonds is 8. The largest absolute Gasteiger partial charge is 0.353 e. The van der Waals surface area contributed by atoms with Gasteiger partial charge in [-0.2, -0.15) is 0 Å². The first kappa shape index (κ1) is 18.2. The Morgan fingerprint density at radius 3 is 2.32 bits per heavy atom. The van der Waals surface area contributed by atoms with E-state index in [4.69, 9.17) is 0 Å². The Bertz CT molecular complexity index is 485. The van der Waals surface area contributed by atoms with E-state index in [0.29, 0.717) is 0 Å². The molecule has 0 spiro atoms. The molecule has 0 bridgehead atoms. The first-order valence-electron chi connectivity index (χ1n) is 7.75. The molecule has 0 aliphatic rings. The van der Waals surface area contributed by atoms with Gasteiger partial charge in [-0.3, -0.25) is 14.5 Å². The van der Waals surface area contributed by atoms with Gasteiger partial charge in [0.15, 0.2) is 0 Å². The predicted molar refractivity (Wildman–Crippen MR) is 89.8 cm³/mol. The van der Waals surface area contributed by atoms with E-state index in [9.17, 15) is 9.59 Å². The minimum Gasteiger partial charge on any atom is -0.353 e. The zero-order valence-corrected chi connectivity index (χ0v) is 14.0. The highest BCUT2D eigenvalue weighted by molar-refractivity contribution is 5.92. The summed E-state index contributed by atoms with van der Waals surface area (Å²) in [5.41, 5.74) is 1.91. The Kier molecular flexibility index (Phi) is 7.60. The summed E-state index contributed by atoms with van der Waals surface area (Å²) in [7, 11) is 1.76. The van der Waals surface area contributed by atoms with Gasteiger partial charge in [0.2, 0.25) is 11.8 Å². The topological polar surface area (TPSA) is 61.4 Å². The van der Waals surface area contributed by atoms with Crippen molar-refractivity contribution in [3.05, 3.63) is 29.8 Å². The zero-order chi connectivity index (χ0) is 16.5. The van der Waals surface area contributed by atoms with Crippen molar-refractivity contribution in [2.24, 2.45) is 0 Å². The number of amides is 2. The number of likely N-dealkylation sites (N-methyl/N-ethyl adjacent to an activating group) is 1. The molecule has 5 heteroatoms. The number of carbonyl (C=O) groups is 2. The quantitative estimate of drug-likeness (QED) is 0.774. The highest BCUT2D eigenvalue weighted by Crippen LogP contribution is 2.08. The van der Waals surface area contributed by atoms with Gasteiger partial charge in [-0.1, -0.05) is 31.0 Å². The van der Waals surface area contributed by atoms with Gasteiger partial charge >= 0.3 is 0 Å². The maximum Gasteiger partial charge on any atom is 0.238 e. The molecular formula is C17H27N3O2. The first-order valence-corrected chi connectivity index (χ1v) is 7.75. The van der Waals surface area contributed by atoms with Crippen LogP contribution < -0.4 is 10.6 Å². The highest BCUT2D eigenvalue weighted by atomic mass is 16.2. The molecule has 1 atom stereocenters. The molecule has 0 unspecified atom stereocenters. The van der Waals surface area contributed by atoms with Crippen molar-refractivity contribution >= 4 is 17.5 Å². The minimum atomic E-state index is -0.124. The molecule has 0 aliphatic heterocycles. The van der Waals surface area contributed by atoms with Crippen molar-refractivity contribution in [2.75, 3.05) is 25.5 Å². The number of anilines is 1. The molecule has 122 valence electrons. The van der Waals surface area contributed by atoms with Crippen molar-refractivity contribution in [2.45, 2.75) is 39.7 Å². The lowest BCUT2D eigenvalue weighted by atomic mass is 10.2. The summed E-state index contributed by atoms with van der Waals surface area (Å²) in [6.07, 6.45) is 2.00. The number of hydrogen-bond acceptors (Lipinski definition) is 3. The minimum absolute atomic E-state index is 0.0495. The van der Waals surface area contributed by atoms with Crippen LogP contribution >= 0.6 is 0 Å². The second kappa shape index (κ2) is 9.20. The molecule has 0 saturated carbocycles. The molecule has 22 heavy (non-hydrogen) atoms. The van der Waals surface area contributed by atoms with Crippen molar-refractivity contribution in [3.8, 4) is 0 Å². The van der Waals surface area contributed by atoms with Crippen LogP contribution in [0.4, 0.5) is 5.69 Å². The van der Waals surface area contributed by atoms with E-state index < -0.39 is 0 Å². The Morgan fingerprint density at radius 2 is 1.73 bits per heavy atom.